The zero-order valence-corrected chi connectivity index (χ0v) is 15.5. The molecule has 0 saturated carbocycles. The summed E-state index contributed by atoms with van der Waals surface area (Å²) < 4.78 is 0. The molecule has 0 heterocycles. The van der Waals surface area contributed by atoms with Gasteiger partial charge in [0.25, 0.3) is 0 Å². The Morgan fingerprint density at radius 1 is 0.600 bits per heavy atom. The molecule has 0 aliphatic heterocycles. The van der Waals surface area contributed by atoms with Gasteiger partial charge in [-0.2, -0.15) is 0 Å². The minimum atomic E-state index is 0.320. The summed E-state index contributed by atoms with van der Waals surface area (Å²) in [6, 6.07) is 23.0. The van der Waals surface area contributed by atoms with Gasteiger partial charge in [-0.1, -0.05) is 82.3 Å². The molecule has 25 heavy (non-hydrogen) atoms. The van der Waals surface area contributed by atoms with Gasteiger partial charge in [-0.3, -0.25) is 0 Å². The van der Waals surface area contributed by atoms with Crippen molar-refractivity contribution in [2.45, 2.75) is 39.5 Å². The highest BCUT2D eigenvalue weighted by molar-refractivity contribution is 5.77. The summed E-state index contributed by atoms with van der Waals surface area (Å²) in [5.41, 5.74) is 6.87. The van der Waals surface area contributed by atoms with Crippen LogP contribution in [-0.2, 0) is 0 Å². The first kappa shape index (κ1) is 17.3. The highest BCUT2D eigenvalue weighted by Crippen LogP contribution is 2.34. The normalized spacial score (nSPS) is 11.3. The Kier molecular flexibility index (Phi) is 4.94. The van der Waals surface area contributed by atoms with Crippen molar-refractivity contribution in [1.29, 1.82) is 0 Å². The van der Waals surface area contributed by atoms with Crippen LogP contribution in [0.3, 0.4) is 0 Å². The number of phenolic OH excluding ortho intramolecular Hbond substituents is 1. The van der Waals surface area contributed by atoms with Crippen LogP contribution in [0, 0.1) is 0 Å². The minimum Gasteiger partial charge on any atom is -0.507 e. The van der Waals surface area contributed by atoms with E-state index in [4.69, 9.17) is 0 Å². The van der Waals surface area contributed by atoms with Crippen LogP contribution in [0.2, 0.25) is 0 Å². The number of phenols is 1. The predicted octanol–water partition coefficient (Wildman–Crippen LogP) is 6.97. The van der Waals surface area contributed by atoms with Crippen molar-refractivity contribution in [3.63, 3.8) is 0 Å². The SMILES string of the molecule is CC(C)c1ccc(-c2cc(-c3cccc(C(C)C)c3)ccc2O)cc1. The maximum atomic E-state index is 10.4. The van der Waals surface area contributed by atoms with Crippen LogP contribution in [0.4, 0.5) is 0 Å². The van der Waals surface area contributed by atoms with E-state index in [1.54, 1.807) is 6.07 Å². The number of aromatic hydroxyl groups is 1. The summed E-state index contributed by atoms with van der Waals surface area (Å²) in [5, 5.41) is 10.4. The van der Waals surface area contributed by atoms with E-state index in [2.05, 4.69) is 82.3 Å². The summed E-state index contributed by atoms with van der Waals surface area (Å²) in [6.45, 7) is 8.79. The molecule has 0 aliphatic carbocycles. The second-order valence-corrected chi connectivity index (χ2v) is 7.29. The maximum Gasteiger partial charge on any atom is 0.123 e. The van der Waals surface area contributed by atoms with E-state index >= 15 is 0 Å². The Morgan fingerprint density at radius 2 is 1.20 bits per heavy atom. The lowest BCUT2D eigenvalue weighted by atomic mass is 9.94. The van der Waals surface area contributed by atoms with Crippen LogP contribution >= 0.6 is 0 Å². The third-order valence-corrected chi connectivity index (χ3v) is 4.77. The molecule has 3 rings (SSSR count). The lowest BCUT2D eigenvalue weighted by Gasteiger charge is -2.12. The monoisotopic (exact) mass is 330 g/mol. The van der Waals surface area contributed by atoms with E-state index < -0.39 is 0 Å². The standard InChI is InChI=1S/C24H26O/c1-16(2)18-8-10-19(11-9-18)23-15-22(12-13-24(23)25)21-7-5-6-20(14-21)17(3)4/h5-17,25H,1-4H3. The van der Waals surface area contributed by atoms with Gasteiger partial charge < -0.3 is 5.11 Å². The fourth-order valence-corrected chi connectivity index (χ4v) is 3.07. The molecule has 0 amide bonds. The van der Waals surface area contributed by atoms with E-state index in [1.807, 2.05) is 6.07 Å². The van der Waals surface area contributed by atoms with Gasteiger partial charge in [-0.15, -0.1) is 0 Å². The molecular weight excluding hydrogens is 304 g/mol. The van der Waals surface area contributed by atoms with Gasteiger partial charge in [0, 0.05) is 5.56 Å². The smallest absolute Gasteiger partial charge is 0.123 e. The second kappa shape index (κ2) is 7.14. The largest absolute Gasteiger partial charge is 0.507 e. The zero-order valence-electron chi connectivity index (χ0n) is 15.5. The minimum absolute atomic E-state index is 0.320. The molecule has 3 aromatic rings. The zero-order chi connectivity index (χ0) is 18.0. The first-order valence-electron chi connectivity index (χ1n) is 8.99. The highest BCUT2D eigenvalue weighted by atomic mass is 16.3. The highest BCUT2D eigenvalue weighted by Gasteiger charge is 2.09. The summed E-state index contributed by atoms with van der Waals surface area (Å²) >= 11 is 0. The fourth-order valence-electron chi connectivity index (χ4n) is 3.07. The van der Waals surface area contributed by atoms with E-state index in [1.165, 1.54) is 16.7 Å². The average Bonchev–Trinajstić information content (AvgIpc) is 2.62. The third-order valence-electron chi connectivity index (χ3n) is 4.77. The van der Waals surface area contributed by atoms with Gasteiger partial charge in [0.15, 0.2) is 0 Å². The number of hydrogen-bond donors (Lipinski definition) is 1. The molecule has 0 spiro atoms. The van der Waals surface area contributed by atoms with Gasteiger partial charge in [0.05, 0.1) is 0 Å². The lowest BCUT2D eigenvalue weighted by Crippen LogP contribution is -1.89. The molecule has 1 heteroatoms. The molecule has 0 saturated heterocycles. The Hall–Kier alpha value is -2.54. The van der Waals surface area contributed by atoms with Gasteiger partial charge in [-0.05, 0) is 51.8 Å². The van der Waals surface area contributed by atoms with Gasteiger partial charge in [0.1, 0.15) is 5.75 Å². The van der Waals surface area contributed by atoms with E-state index in [9.17, 15) is 5.11 Å². The van der Waals surface area contributed by atoms with Crippen LogP contribution in [0.15, 0.2) is 66.7 Å². The molecule has 0 aliphatic rings. The van der Waals surface area contributed by atoms with E-state index in [0.717, 1.165) is 16.7 Å². The van der Waals surface area contributed by atoms with Gasteiger partial charge in [-0.25, -0.2) is 0 Å². The lowest BCUT2D eigenvalue weighted by molar-refractivity contribution is 0.477. The summed E-state index contributed by atoms with van der Waals surface area (Å²) in [7, 11) is 0. The van der Waals surface area contributed by atoms with Crippen LogP contribution in [-0.4, -0.2) is 5.11 Å². The molecule has 0 aromatic heterocycles. The molecule has 128 valence electrons. The molecule has 3 aromatic carbocycles. The Bertz CT molecular complexity index is 858. The maximum absolute atomic E-state index is 10.4. The van der Waals surface area contributed by atoms with Crippen molar-refractivity contribution < 1.29 is 5.11 Å². The Balaban J connectivity index is 2.02. The summed E-state index contributed by atoms with van der Waals surface area (Å²) in [5.74, 6) is 1.33. The van der Waals surface area contributed by atoms with Crippen molar-refractivity contribution in [1.82, 2.24) is 0 Å². The molecule has 1 N–H and O–H groups in total. The average molecular weight is 330 g/mol. The summed E-state index contributed by atoms with van der Waals surface area (Å²) in [4.78, 5) is 0. The second-order valence-electron chi connectivity index (χ2n) is 7.29. The van der Waals surface area contributed by atoms with Crippen molar-refractivity contribution in [3.05, 3.63) is 77.9 Å². The van der Waals surface area contributed by atoms with Crippen LogP contribution in [0.25, 0.3) is 22.3 Å². The van der Waals surface area contributed by atoms with Crippen molar-refractivity contribution >= 4 is 0 Å². The van der Waals surface area contributed by atoms with Gasteiger partial charge in [0.2, 0.25) is 0 Å². The molecule has 0 atom stereocenters. The molecule has 0 unspecified atom stereocenters. The topological polar surface area (TPSA) is 20.2 Å². The third kappa shape index (κ3) is 3.76. The van der Waals surface area contributed by atoms with Crippen LogP contribution in [0.5, 0.6) is 5.75 Å². The Morgan fingerprint density at radius 3 is 1.84 bits per heavy atom. The molecule has 1 nitrogen and oxygen atoms in total. The summed E-state index contributed by atoms with van der Waals surface area (Å²) in [6.07, 6.45) is 0. The quantitative estimate of drug-likeness (QED) is 0.547. The molecule has 0 fully saturated rings. The van der Waals surface area contributed by atoms with E-state index in [-0.39, 0.29) is 0 Å². The number of benzene rings is 3. The first-order valence-corrected chi connectivity index (χ1v) is 8.99. The van der Waals surface area contributed by atoms with Crippen LogP contribution < -0.4 is 0 Å². The number of hydrogen-bond acceptors (Lipinski definition) is 1. The molecular formula is C24H26O. The van der Waals surface area contributed by atoms with Crippen LogP contribution in [0.1, 0.15) is 50.7 Å². The van der Waals surface area contributed by atoms with Crippen molar-refractivity contribution in [3.8, 4) is 28.0 Å². The van der Waals surface area contributed by atoms with Crippen molar-refractivity contribution in [2.75, 3.05) is 0 Å². The van der Waals surface area contributed by atoms with E-state index in [0.29, 0.717) is 17.6 Å². The predicted molar refractivity (Wildman–Crippen MR) is 107 cm³/mol. The van der Waals surface area contributed by atoms with Crippen molar-refractivity contribution in [2.24, 2.45) is 0 Å². The Labute approximate surface area is 151 Å². The fraction of sp³-hybridized carbons (Fsp3) is 0.250. The molecule has 0 bridgehead atoms. The molecule has 0 radical (unpaired) electrons. The van der Waals surface area contributed by atoms with Gasteiger partial charge >= 0.3 is 0 Å². The number of rotatable bonds is 4. The first-order chi connectivity index (χ1) is 12.0.